The van der Waals surface area contributed by atoms with Crippen LogP contribution >= 0.6 is 0 Å². The first kappa shape index (κ1) is 15.9. The first-order valence-electron chi connectivity index (χ1n) is 8.06. The number of rotatable bonds is 6. The minimum Gasteiger partial charge on any atom is -0.492 e. The normalized spacial score (nSPS) is 18.1. The zero-order valence-corrected chi connectivity index (χ0v) is 13.3. The molecule has 21 heavy (non-hydrogen) atoms. The van der Waals surface area contributed by atoms with Gasteiger partial charge in [0.05, 0.1) is 11.6 Å². The standard InChI is InChI=1S/C18H26N2O/c1-3-18(4-2)9-11-20(12-10-18)13-14-21-17-7-5-16(15-19)6-8-17/h5-8H,3-4,9-14H2,1-2H3. The van der Waals surface area contributed by atoms with Gasteiger partial charge >= 0.3 is 0 Å². The summed E-state index contributed by atoms with van der Waals surface area (Å²) in [6.07, 6.45) is 5.24. The topological polar surface area (TPSA) is 36.3 Å². The molecule has 0 radical (unpaired) electrons. The van der Waals surface area contributed by atoms with Crippen LogP contribution in [-0.4, -0.2) is 31.1 Å². The number of nitrogens with zero attached hydrogens (tertiary/aromatic N) is 2. The molecule has 0 saturated carbocycles. The summed E-state index contributed by atoms with van der Waals surface area (Å²) in [4.78, 5) is 2.51. The molecular formula is C18H26N2O. The summed E-state index contributed by atoms with van der Waals surface area (Å²) in [7, 11) is 0. The molecule has 0 bridgehead atoms. The van der Waals surface area contributed by atoms with Crippen LogP contribution in [-0.2, 0) is 0 Å². The van der Waals surface area contributed by atoms with E-state index in [1.807, 2.05) is 12.1 Å². The molecule has 1 fully saturated rings. The average molecular weight is 286 g/mol. The second kappa shape index (κ2) is 7.47. The van der Waals surface area contributed by atoms with Gasteiger partial charge in [0.1, 0.15) is 12.4 Å². The molecule has 3 heteroatoms. The lowest BCUT2D eigenvalue weighted by Gasteiger charge is -2.41. The molecule has 1 saturated heterocycles. The first-order valence-corrected chi connectivity index (χ1v) is 8.06. The predicted molar refractivity (Wildman–Crippen MR) is 85.3 cm³/mol. The van der Waals surface area contributed by atoms with E-state index in [9.17, 15) is 0 Å². The third kappa shape index (κ3) is 4.22. The fourth-order valence-corrected chi connectivity index (χ4v) is 3.13. The lowest BCUT2D eigenvalue weighted by atomic mass is 9.74. The van der Waals surface area contributed by atoms with Crippen molar-refractivity contribution >= 4 is 0 Å². The molecule has 1 aromatic carbocycles. The Balaban J connectivity index is 1.71. The van der Waals surface area contributed by atoms with Crippen LogP contribution in [0.15, 0.2) is 24.3 Å². The summed E-state index contributed by atoms with van der Waals surface area (Å²) in [5, 5.41) is 8.76. The molecule has 1 aliphatic rings. The highest BCUT2D eigenvalue weighted by Gasteiger charge is 2.30. The minimum absolute atomic E-state index is 0.588. The fourth-order valence-electron chi connectivity index (χ4n) is 3.13. The van der Waals surface area contributed by atoms with E-state index in [1.54, 1.807) is 12.1 Å². The Morgan fingerprint density at radius 2 is 1.76 bits per heavy atom. The van der Waals surface area contributed by atoms with Gasteiger partial charge in [-0.3, -0.25) is 4.90 Å². The number of hydrogen-bond acceptors (Lipinski definition) is 3. The van der Waals surface area contributed by atoms with Gasteiger partial charge in [-0.1, -0.05) is 26.7 Å². The lowest BCUT2D eigenvalue weighted by Crippen LogP contribution is -2.41. The zero-order chi connectivity index (χ0) is 15.1. The number of piperidine rings is 1. The third-order valence-electron chi connectivity index (χ3n) is 5.08. The molecule has 0 N–H and O–H groups in total. The Morgan fingerprint density at radius 3 is 2.29 bits per heavy atom. The molecule has 1 aromatic rings. The quantitative estimate of drug-likeness (QED) is 0.797. The van der Waals surface area contributed by atoms with Crippen LogP contribution in [0.2, 0.25) is 0 Å². The first-order chi connectivity index (χ1) is 10.2. The lowest BCUT2D eigenvalue weighted by molar-refractivity contribution is 0.0851. The van der Waals surface area contributed by atoms with Crippen LogP contribution in [0.3, 0.4) is 0 Å². The highest BCUT2D eigenvalue weighted by Crippen LogP contribution is 2.37. The smallest absolute Gasteiger partial charge is 0.119 e. The van der Waals surface area contributed by atoms with E-state index in [2.05, 4.69) is 24.8 Å². The summed E-state index contributed by atoms with van der Waals surface area (Å²) < 4.78 is 5.76. The van der Waals surface area contributed by atoms with Crippen LogP contribution in [0, 0.1) is 16.7 Å². The zero-order valence-electron chi connectivity index (χ0n) is 13.3. The summed E-state index contributed by atoms with van der Waals surface area (Å²) in [6.45, 7) is 8.75. The minimum atomic E-state index is 0.588. The predicted octanol–water partition coefficient (Wildman–Crippen LogP) is 3.84. The SMILES string of the molecule is CCC1(CC)CCN(CCOc2ccc(C#N)cc2)CC1. The molecule has 1 aliphatic heterocycles. The van der Waals surface area contributed by atoms with E-state index in [-0.39, 0.29) is 0 Å². The molecular weight excluding hydrogens is 260 g/mol. The van der Waals surface area contributed by atoms with Gasteiger partial charge in [-0.2, -0.15) is 5.26 Å². The van der Waals surface area contributed by atoms with Gasteiger partial charge in [-0.25, -0.2) is 0 Å². The molecule has 0 atom stereocenters. The van der Waals surface area contributed by atoms with Gasteiger partial charge in [-0.15, -0.1) is 0 Å². The van der Waals surface area contributed by atoms with Crippen molar-refractivity contribution in [2.45, 2.75) is 39.5 Å². The van der Waals surface area contributed by atoms with Gasteiger partial charge in [-0.05, 0) is 55.6 Å². The average Bonchev–Trinajstić information content (AvgIpc) is 2.56. The Morgan fingerprint density at radius 1 is 1.14 bits per heavy atom. The second-order valence-corrected chi connectivity index (χ2v) is 6.03. The largest absolute Gasteiger partial charge is 0.492 e. The van der Waals surface area contributed by atoms with Crippen LogP contribution in [0.4, 0.5) is 0 Å². The third-order valence-corrected chi connectivity index (χ3v) is 5.08. The van der Waals surface area contributed by atoms with E-state index < -0.39 is 0 Å². The van der Waals surface area contributed by atoms with Crippen LogP contribution < -0.4 is 4.74 Å². The van der Waals surface area contributed by atoms with Crippen molar-refractivity contribution in [2.24, 2.45) is 5.41 Å². The highest BCUT2D eigenvalue weighted by atomic mass is 16.5. The number of likely N-dealkylation sites (tertiary alicyclic amines) is 1. The van der Waals surface area contributed by atoms with Crippen molar-refractivity contribution in [2.75, 3.05) is 26.2 Å². The molecule has 2 rings (SSSR count). The van der Waals surface area contributed by atoms with Crippen molar-refractivity contribution < 1.29 is 4.74 Å². The van der Waals surface area contributed by atoms with Crippen LogP contribution in [0.5, 0.6) is 5.75 Å². The maximum atomic E-state index is 8.76. The highest BCUT2D eigenvalue weighted by molar-refractivity contribution is 5.34. The molecule has 0 unspecified atom stereocenters. The summed E-state index contributed by atoms with van der Waals surface area (Å²) in [5.41, 5.74) is 1.26. The maximum Gasteiger partial charge on any atom is 0.119 e. The Labute approximate surface area is 128 Å². The Kier molecular flexibility index (Phi) is 5.64. The van der Waals surface area contributed by atoms with Crippen molar-refractivity contribution in [3.63, 3.8) is 0 Å². The van der Waals surface area contributed by atoms with Crippen molar-refractivity contribution in [1.82, 2.24) is 4.90 Å². The fraction of sp³-hybridized carbons (Fsp3) is 0.611. The van der Waals surface area contributed by atoms with E-state index in [0.717, 1.165) is 18.9 Å². The maximum absolute atomic E-state index is 8.76. The van der Waals surface area contributed by atoms with E-state index >= 15 is 0 Å². The number of benzene rings is 1. The number of nitriles is 1. The van der Waals surface area contributed by atoms with Gasteiger partial charge in [0.15, 0.2) is 0 Å². The number of hydrogen-bond donors (Lipinski definition) is 0. The summed E-state index contributed by atoms with van der Waals surface area (Å²) in [6, 6.07) is 9.45. The molecule has 0 spiro atoms. The van der Waals surface area contributed by atoms with Crippen molar-refractivity contribution in [3.05, 3.63) is 29.8 Å². The Hall–Kier alpha value is -1.53. The van der Waals surface area contributed by atoms with Crippen LogP contribution in [0.1, 0.15) is 45.1 Å². The van der Waals surface area contributed by atoms with Gasteiger partial charge < -0.3 is 4.74 Å². The molecule has 114 valence electrons. The molecule has 0 amide bonds. The molecule has 1 heterocycles. The van der Waals surface area contributed by atoms with Gasteiger partial charge in [0, 0.05) is 6.54 Å². The van der Waals surface area contributed by atoms with E-state index in [0.29, 0.717) is 11.0 Å². The van der Waals surface area contributed by atoms with E-state index in [1.165, 1.54) is 38.8 Å². The van der Waals surface area contributed by atoms with Gasteiger partial charge in [0.2, 0.25) is 0 Å². The van der Waals surface area contributed by atoms with E-state index in [4.69, 9.17) is 10.00 Å². The van der Waals surface area contributed by atoms with Crippen molar-refractivity contribution in [3.8, 4) is 11.8 Å². The molecule has 0 aliphatic carbocycles. The van der Waals surface area contributed by atoms with Gasteiger partial charge in [0.25, 0.3) is 0 Å². The van der Waals surface area contributed by atoms with Crippen LogP contribution in [0.25, 0.3) is 0 Å². The Bertz CT molecular complexity index is 461. The molecule has 0 aromatic heterocycles. The molecule has 3 nitrogen and oxygen atoms in total. The monoisotopic (exact) mass is 286 g/mol. The van der Waals surface area contributed by atoms with Crippen molar-refractivity contribution in [1.29, 1.82) is 5.26 Å². The number of ether oxygens (including phenoxy) is 1. The summed E-state index contributed by atoms with van der Waals surface area (Å²) in [5.74, 6) is 0.850. The summed E-state index contributed by atoms with van der Waals surface area (Å²) >= 11 is 0. The second-order valence-electron chi connectivity index (χ2n) is 6.03.